The lowest BCUT2D eigenvalue weighted by Gasteiger charge is -2.45. The van der Waals surface area contributed by atoms with E-state index < -0.39 is 17.6 Å². The third kappa shape index (κ3) is 8.99. The third-order valence-corrected chi connectivity index (χ3v) is 7.96. The Bertz CT molecular complexity index is 1610. The zero-order valence-corrected chi connectivity index (χ0v) is 26.8. The summed E-state index contributed by atoms with van der Waals surface area (Å²) in [6.07, 6.45) is 2.34. The van der Waals surface area contributed by atoms with Crippen LogP contribution in [0.3, 0.4) is 0 Å². The fourth-order valence-corrected chi connectivity index (χ4v) is 5.67. The molecular formula is C36H40ClN3O5. The second kappa shape index (κ2) is 14.8. The van der Waals surface area contributed by atoms with E-state index in [1.165, 1.54) is 12.2 Å². The fraction of sp³-hybridized carbons (Fsp3) is 0.306. The molecule has 0 spiro atoms. The van der Waals surface area contributed by atoms with Crippen molar-refractivity contribution in [2.24, 2.45) is 5.92 Å². The molecule has 45 heavy (non-hydrogen) atoms. The third-order valence-electron chi connectivity index (χ3n) is 7.71. The molecule has 0 aromatic heterocycles. The van der Waals surface area contributed by atoms with Crippen molar-refractivity contribution in [3.8, 4) is 0 Å². The monoisotopic (exact) mass is 629 g/mol. The summed E-state index contributed by atoms with van der Waals surface area (Å²) in [5, 5.41) is 29.5. The van der Waals surface area contributed by atoms with Crippen LogP contribution in [-0.2, 0) is 15.2 Å². The van der Waals surface area contributed by atoms with Gasteiger partial charge in [-0.25, -0.2) is 0 Å². The van der Waals surface area contributed by atoms with E-state index in [-0.39, 0.29) is 37.1 Å². The van der Waals surface area contributed by atoms with Gasteiger partial charge in [-0.1, -0.05) is 59.1 Å². The first-order chi connectivity index (χ1) is 21.3. The van der Waals surface area contributed by atoms with Crippen LogP contribution in [0.4, 0.5) is 11.4 Å². The van der Waals surface area contributed by atoms with Gasteiger partial charge in [-0.2, -0.15) is 0 Å². The van der Waals surface area contributed by atoms with Gasteiger partial charge < -0.3 is 20.8 Å². The lowest BCUT2D eigenvalue weighted by atomic mass is 9.72. The molecule has 3 unspecified atom stereocenters. The zero-order valence-electron chi connectivity index (χ0n) is 26.0. The van der Waals surface area contributed by atoms with Gasteiger partial charge in [-0.05, 0) is 81.6 Å². The molecule has 2 amide bonds. The minimum absolute atomic E-state index is 0.169. The van der Waals surface area contributed by atoms with Crippen LogP contribution < -0.4 is 10.6 Å². The van der Waals surface area contributed by atoms with Crippen LogP contribution in [-0.4, -0.2) is 52.3 Å². The Hall–Kier alpha value is -4.08. The van der Waals surface area contributed by atoms with E-state index >= 15 is 0 Å². The Morgan fingerprint density at radius 1 is 0.911 bits per heavy atom. The summed E-state index contributed by atoms with van der Waals surface area (Å²) in [4.78, 5) is 41.0. The first-order valence-corrected chi connectivity index (χ1v) is 15.3. The predicted molar refractivity (Wildman–Crippen MR) is 178 cm³/mol. The van der Waals surface area contributed by atoms with E-state index in [4.69, 9.17) is 11.6 Å². The number of halogens is 1. The van der Waals surface area contributed by atoms with Crippen molar-refractivity contribution in [2.75, 3.05) is 30.3 Å². The second-order valence-corrected chi connectivity index (χ2v) is 12.4. The van der Waals surface area contributed by atoms with Crippen LogP contribution in [0.25, 0.3) is 0 Å². The average Bonchev–Trinajstić information content (AvgIpc) is 2.97. The number of Topliss-reactive ketones (excluding diaryl/α,β-unsaturated/α-hetero) is 1. The first-order valence-electron chi connectivity index (χ1n) is 14.9. The summed E-state index contributed by atoms with van der Waals surface area (Å²) in [6, 6.07) is 20.6. The number of likely N-dealkylation sites (tertiary alicyclic amines) is 1. The van der Waals surface area contributed by atoms with Crippen LogP contribution in [0.15, 0.2) is 96.1 Å². The molecule has 236 valence electrons. The van der Waals surface area contributed by atoms with Crippen LogP contribution in [0, 0.1) is 5.92 Å². The van der Waals surface area contributed by atoms with Crippen molar-refractivity contribution in [3.05, 3.63) is 118 Å². The molecule has 1 aliphatic heterocycles. The summed E-state index contributed by atoms with van der Waals surface area (Å²) >= 11 is 6.02. The number of piperidine rings is 1. The Morgan fingerprint density at radius 2 is 1.49 bits per heavy atom. The number of hydrogen-bond acceptors (Lipinski definition) is 6. The van der Waals surface area contributed by atoms with Gasteiger partial charge >= 0.3 is 0 Å². The van der Waals surface area contributed by atoms with Crippen LogP contribution in [0.1, 0.15) is 61.7 Å². The quantitative estimate of drug-likeness (QED) is 0.155. The number of nitrogens with zero attached hydrogens (tertiary/aromatic N) is 1. The molecule has 1 heterocycles. The number of anilines is 2. The number of benzene rings is 3. The standard InChI is InChI=1S/C36H40ClN3O5/c1-23(2)17-33(42)38-29-9-5-7-26(19-29)35(44)31-21-40(22-32(41)25-11-13-28(37)14-12-25)16-15-36(31,45)27-8-6-10-30(20-27)39-34(43)18-24(3)4/h5-14,17-20,31-32,41,45H,15-16,21-22H2,1-4H3,(H,38,42)(H,39,43). The van der Waals surface area contributed by atoms with Crippen molar-refractivity contribution in [2.45, 2.75) is 45.8 Å². The van der Waals surface area contributed by atoms with E-state index in [2.05, 4.69) is 10.6 Å². The number of hydrogen-bond donors (Lipinski definition) is 4. The van der Waals surface area contributed by atoms with Crippen molar-refractivity contribution in [1.82, 2.24) is 4.90 Å². The van der Waals surface area contributed by atoms with Crippen molar-refractivity contribution in [3.63, 3.8) is 0 Å². The van der Waals surface area contributed by atoms with Crippen LogP contribution >= 0.6 is 11.6 Å². The highest BCUT2D eigenvalue weighted by molar-refractivity contribution is 6.30. The zero-order chi connectivity index (χ0) is 32.7. The summed E-state index contributed by atoms with van der Waals surface area (Å²) in [5.41, 5.74) is 2.61. The minimum atomic E-state index is -1.57. The number of β-amino-alcohol motifs (C(OH)–C–C–N with tert-alkyl or cyclic N) is 1. The van der Waals surface area contributed by atoms with E-state index in [0.29, 0.717) is 39.6 Å². The summed E-state index contributed by atoms with van der Waals surface area (Å²) in [6.45, 7) is 8.13. The lowest BCUT2D eigenvalue weighted by molar-refractivity contribution is -0.112. The molecular weight excluding hydrogens is 590 g/mol. The maximum absolute atomic E-state index is 14.3. The Balaban J connectivity index is 1.66. The molecule has 4 rings (SSSR count). The van der Waals surface area contributed by atoms with Crippen LogP contribution in [0.5, 0.6) is 0 Å². The first kappa shape index (κ1) is 33.8. The molecule has 0 saturated carbocycles. The Kier molecular flexibility index (Phi) is 11.1. The van der Waals surface area contributed by atoms with E-state index in [9.17, 15) is 24.6 Å². The SMILES string of the molecule is CC(C)=CC(=O)Nc1cccc(C(=O)C2CN(CC(O)c3ccc(Cl)cc3)CCC2(O)c2cccc(NC(=O)C=C(C)C)c2)c1. The fourth-order valence-electron chi connectivity index (χ4n) is 5.55. The number of ketones is 1. The minimum Gasteiger partial charge on any atom is -0.387 e. The van der Waals surface area contributed by atoms with Crippen molar-refractivity contribution < 1.29 is 24.6 Å². The lowest BCUT2D eigenvalue weighted by Crippen LogP contribution is -2.53. The number of rotatable bonds is 10. The van der Waals surface area contributed by atoms with Gasteiger partial charge in [0.2, 0.25) is 11.8 Å². The Morgan fingerprint density at radius 3 is 2.09 bits per heavy atom. The molecule has 9 heteroatoms. The van der Waals surface area contributed by atoms with E-state index in [1.807, 2.05) is 32.6 Å². The topological polar surface area (TPSA) is 119 Å². The molecule has 0 radical (unpaired) electrons. The summed E-state index contributed by atoms with van der Waals surface area (Å²) < 4.78 is 0. The molecule has 3 atom stereocenters. The number of amides is 2. The smallest absolute Gasteiger partial charge is 0.248 e. The molecule has 3 aromatic rings. The number of carbonyl (C=O) groups excluding carboxylic acids is 3. The Labute approximate surface area is 269 Å². The molecule has 3 aromatic carbocycles. The molecule has 8 nitrogen and oxygen atoms in total. The molecule has 0 aliphatic carbocycles. The van der Waals surface area contributed by atoms with E-state index in [1.54, 1.807) is 72.8 Å². The highest BCUT2D eigenvalue weighted by Gasteiger charge is 2.47. The predicted octanol–water partition coefficient (Wildman–Crippen LogP) is 6.28. The van der Waals surface area contributed by atoms with Crippen molar-refractivity contribution >= 4 is 40.6 Å². The normalized spacial score (nSPS) is 18.8. The summed E-state index contributed by atoms with van der Waals surface area (Å²) in [7, 11) is 0. The number of aliphatic hydroxyl groups excluding tert-OH is 1. The number of allylic oxidation sites excluding steroid dienone is 2. The van der Waals surface area contributed by atoms with Crippen molar-refractivity contribution in [1.29, 1.82) is 0 Å². The average molecular weight is 630 g/mol. The van der Waals surface area contributed by atoms with Gasteiger partial charge in [0, 0.05) is 53.7 Å². The maximum atomic E-state index is 14.3. The second-order valence-electron chi connectivity index (χ2n) is 12.0. The van der Waals surface area contributed by atoms with Gasteiger partial charge in [-0.3, -0.25) is 19.3 Å². The van der Waals surface area contributed by atoms with Gasteiger partial charge in [0.1, 0.15) is 5.60 Å². The molecule has 1 saturated heterocycles. The van der Waals surface area contributed by atoms with Gasteiger partial charge in [0.15, 0.2) is 5.78 Å². The molecule has 1 fully saturated rings. The van der Waals surface area contributed by atoms with E-state index in [0.717, 1.165) is 11.1 Å². The molecule has 4 N–H and O–H groups in total. The largest absolute Gasteiger partial charge is 0.387 e. The van der Waals surface area contributed by atoms with Gasteiger partial charge in [0.25, 0.3) is 0 Å². The molecule has 0 bridgehead atoms. The highest BCUT2D eigenvalue weighted by Crippen LogP contribution is 2.41. The van der Waals surface area contributed by atoms with Gasteiger partial charge in [0.05, 0.1) is 12.0 Å². The summed E-state index contributed by atoms with van der Waals surface area (Å²) in [5.74, 6) is -1.82. The van der Waals surface area contributed by atoms with Gasteiger partial charge in [-0.15, -0.1) is 0 Å². The number of nitrogens with one attached hydrogen (secondary N) is 2. The maximum Gasteiger partial charge on any atom is 0.248 e. The van der Waals surface area contributed by atoms with Crippen LogP contribution in [0.2, 0.25) is 5.02 Å². The molecule has 1 aliphatic rings. The highest BCUT2D eigenvalue weighted by atomic mass is 35.5. The number of aliphatic hydroxyl groups is 2. The number of carbonyl (C=O) groups is 3.